The summed E-state index contributed by atoms with van der Waals surface area (Å²) < 4.78 is 7.51. The SMILES string of the molecule is O=C(CSc1nc2sc3c(c2c(=O)n1-c1ccccc1)CCCC3)N/N=C\c1cccc(OCc2ccccc2)c1. The van der Waals surface area contributed by atoms with Crippen LogP contribution in [0, 0.1) is 0 Å². The van der Waals surface area contributed by atoms with E-state index in [0.29, 0.717) is 11.8 Å². The Kier molecular flexibility index (Phi) is 8.25. The number of nitrogens with one attached hydrogen (secondary N) is 1. The zero-order valence-corrected chi connectivity index (χ0v) is 23.9. The minimum atomic E-state index is -0.290. The van der Waals surface area contributed by atoms with E-state index in [2.05, 4.69) is 10.5 Å². The smallest absolute Gasteiger partial charge is 0.267 e. The molecule has 1 aliphatic carbocycles. The second-order valence-electron chi connectivity index (χ2n) is 9.69. The van der Waals surface area contributed by atoms with Crippen molar-refractivity contribution in [1.29, 1.82) is 0 Å². The number of fused-ring (bicyclic) bond motifs is 3. The third-order valence-electron chi connectivity index (χ3n) is 6.81. The number of carbonyl (C=O) groups excluding carboxylic acids is 1. The largest absolute Gasteiger partial charge is 0.489 e. The van der Waals surface area contributed by atoms with Crippen LogP contribution in [-0.4, -0.2) is 27.4 Å². The van der Waals surface area contributed by atoms with Crippen LogP contribution in [0.4, 0.5) is 0 Å². The van der Waals surface area contributed by atoms with Crippen LogP contribution in [0.2, 0.25) is 0 Å². The quantitative estimate of drug-likeness (QED) is 0.0979. The van der Waals surface area contributed by atoms with Gasteiger partial charge in [-0.2, -0.15) is 5.10 Å². The highest BCUT2D eigenvalue weighted by Gasteiger charge is 2.23. The molecule has 7 nitrogen and oxygen atoms in total. The highest BCUT2D eigenvalue weighted by Crippen LogP contribution is 2.35. The van der Waals surface area contributed by atoms with E-state index in [-0.39, 0.29) is 17.2 Å². The molecule has 1 amide bonds. The van der Waals surface area contributed by atoms with Crippen molar-refractivity contribution >= 4 is 45.4 Å². The Bertz CT molecular complexity index is 1770. The molecule has 5 aromatic rings. The maximum Gasteiger partial charge on any atom is 0.267 e. The van der Waals surface area contributed by atoms with Crippen LogP contribution in [-0.2, 0) is 24.2 Å². The molecule has 0 saturated carbocycles. The second kappa shape index (κ2) is 12.5. The van der Waals surface area contributed by atoms with Crippen molar-refractivity contribution < 1.29 is 9.53 Å². The molecule has 0 atom stereocenters. The highest BCUT2D eigenvalue weighted by molar-refractivity contribution is 7.99. The molecule has 2 aromatic heterocycles. The number of hydrogen-bond donors (Lipinski definition) is 1. The van der Waals surface area contributed by atoms with Crippen LogP contribution in [0.5, 0.6) is 5.75 Å². The van der Waals surface area contributed by atoms with Crippen molar-refractivity contribution in [3.05, 3.63) is 117 Å². The van der Waals surface area contributed by atoms with Gasteiger partial charge in [0.15, 0.2) is 5.16 Å². The molecule has 2 heterocycles. The van der Waals surface area contributed by atoms with Crippen LogP contribution in [0.25, 0.3) is 15.9 Å². The number of nitrogens with zero attached hydrogens (tertiary/aromatic N) is 3. The summed E-state index contributed by atoms with van der Waals surface area (Å²) in [6.07, 6.45) is 5.71. The number of hydrazone groups is 1. The lowest BCUT2D eigenvalue weighted by atomic mass is 9.97. The van der Waals surface area contributed by atoms with Gasteiger partial charge in [0.05, 0.1) is 23.0 Å². The monoisotopic (exact) mass is 580 g/mol. The van der Waals surface area contributed by atoms with Crippen molar-refractivity contribution in [2.45, 2.75) is 37.4 Å². The van der Waals surface area contributed by atoms with E-state index in [1.165, 1.54) is 16.6 Å². The van der Waals surface area contributed by atoms with Crippen molar-refractivity contribution in [3.63, 3.8) is 0 Å². The fourth-order valence-corrected chi connectivity index (χ4v) is 6.96. The summed E-state index contributed by atoms with van der Waals surface area (Å²) in [6, 6.07) is 27.0. The molecule has 9 heteroatoms. The van der Waals surface area contributed by atoms with Gasteiger partial charge in [0, 0.05) is 4.88 Å². The van der Waals surface area contributed by atoms with E-state index < -0.39 is 0 Å². The number of hydrogen-bond acceptors (Lipinski definition) is 7. The molecule has 1 aliphatic rings. The Morgan fingerprint density at radius 3 is 2.63 bits per heavy atom. The first kappa shape index (κ1) is 27.0. The molecule has 0 radical (unpaired) electrons. The number of thiophene rings is 1. The minimum Gasteiger partial charge on any atom is -0.489 e. The number of thioether (sulfide) groups is 1. The van der Waals surface area contributed by atoms with Gasteiger partial charge in [-0.1, -0.05) is 72.4 Å². The summed E-state index contributed by atoms with van der Waals surface area (Å²) in [6.45, 7) is 0.470. The number of ether oxygens (including phenoxy) is 1. The minimum absolute atomic E-state index is 0.0629. The number of aromatic nitrogens is 2. The Morgan fingerprint density at radius 2 is 1.80 bits per heavy atom. The molecule has 0 saturated heterocycles. The molecular weight excluding hydrogens is 553 g/mol. The Balaban J connectivity index is 1.14. The van der Waals surface area contributed by atoms with Gasteiger partial charge in [0.2, 0.25) is 0 Å². The first-order valence-electron chi connectivity index (χ1n) is 13.5. The number of amides is 1. The lowest BCUT2D eigenvalue weighted by Crippen LogP contribution is -2.24. The van der Waals surface area contributed by atoms with Gasteiger partial charge in [-0.3, -0.25) is 14.2 Å². The third-order valence-corrected chi connectivity index (χ3v) is 8.94. The average Bonchev–Trinajstić information content (AvgIpc) is 3.39. The van der Waals surface area contributed by atoms with Crippen molar-refractivity contribution in [2.24, 2.45) is 5.10 Å². The van der Waals surface area contributed by atoms with E-state index in [1.54, 1.807) is 22.1 Å². The Morgan fingerprint density at radius 1 is 1.02 bits per heavy atom. The third kappa shape index (κ3) is 6.26. The summed E-state index contributed by atoms with van der Waals surface area (Å²) in [5.74, 6) is 0.491. The van der Waals surface area contributed by atoms with E-state index in [0.717, 1.165) is 64.0 Å². The topological polar surface area (TPSA) is 85.6 Å². The van der Waals surface area contributed by atoms with Gasteiger partial charge in [0.1, 0.15) is 17.2 Å². The zero-order chi connectivity index (χ0) is 28.0. The first-order chi connectivity index (χ1) is 20.2. The lowest BCUT2D eigenvalue weighted by Gasteiger charge is -2.13. The summed E-state index contributed by atoms with van der Waals surface area (Å²) in [5.41, 5.74) is 6.28. The summed E-state index contributed by atoms with van der Waals surface area (Å²) in [5, 5.41) is 5.34. The van der Waals surface area contributed by atoms with Crippen molar-refractivity contribution in [2.75, 3.05) is 5.75 Å². The molecule has 41 heavy (non-hydrogen) atoms. The number of carbonyl (C=O) groups is 1. The van der Waals surface area contributed by atoms with Gasteiger partial charge in [-0.05, 0) is 66.6 Å². The van der Waals surface area contributed by atoms with Crippen molar-refractivity contribution in [3.8, 4) is 11.4 Å². The molecule has 0 bridgehead atoms. The van der Waals surface area contributed by atoms with Gasteiger partial charge in [-0.25, -0.2) is 10.4 Å². The van der Waals surface area contributed by atoms with Gasteiger partial charge in [0.25, 0.3) is 11.5 Å². The molecule has 0 aliphatic heterocycles. The maximum atomic E-state index is 13.8. The van der Waals surface area contributed by atoms with Crippen LogP contribution < -0.4 is 15.7 Å². The van der Waals surface area contributed by atoms with Crippen LogP contribution >= 0.6 is 23.1 Å². The van der Waals surface area contributed by atoms with Crippen molar-refractivity contribution in [1.82, 2.24) is 15.0 Å². The molecular formula is C32H28N4O3S2. The van der Waals surface area contributed by atoms with Gasteiger partial charge in [-0.15, -0.1) is 11.3 Å². The predicted octanol–water partition coefficient (Wildman–Crippen LogP) is 6.15. The number of benzene rings is 3. The number of aryl methyl sites for hydroxylation is 2. The Labute approximate surface area is 245 Å². The van der Waals surface area contributed by atoms with Crippen LogP contribution in [0.1, 0.15) is 34.4 Å². The van der Waals surface area contributed by atoms with Gasteiger partial charge >= 0.3 is 0 Å². The average molecular weight is 581 g/mol. The Hall–Kier alpha value is -4.21. The van der Waals surface area contributed by atoms with E-state index >= 15 is 0 Å². The van der Waals surface area contributed by atoms with Crippen LogP contribution in [0.15, 0.2) is 100.0 Å². The highest BCUT2D eigenvalue weighted by atomic mass is 32.2. The van der Waals surface area contributed by atoms with Crippen LogP contribution in [0.3, 0.4) is 0 Å². The zero-order valence-electron chi connectivity index (χ0n) is 22.3. The molecule has 6 rings (SSSR count). The molecule has 0 fully saturated rings. The molecule has 206 valence electrons. The fraction of sp³-hybridized carbons (Fsp3) is 0.188. The molecule has 1 N–H and O–H groups in total. The first-order valence-corrected chi connectivity index (χ1v) is 15.3. The fourth-order valence-electron chi connectivity index (χ4n) is 4.85. The predicted molar refractivity (Wildman–Crippen MR) is 166 cm³/mol. The molecule has 0 unspecified atom stereocenters. The normalized spacial score (nSPS) is 12.9. The molecule has 0 spiro atoms. The summed E-state index contributed by atoms with van der Waals surface area (Å²) in [7, 11) is 0. The summed E-state index contributed by atoms with van der Waals surface area (Å²) >= 11 is 2.84. The van der Waals surface area contributed by atoms with Gasteiger partial charge < -0.3 is 4.74 Å². The van der Waals surface area contributed by atoms with E-state index in [4.69, 9.17) is 9.72 Å². The van der Waals surface area contributed by atoms with E-state index in [1.807, 2.05) is 84.9 Å². The van der Waals surface area contributed by atoms with E-state index in [9.17, 15) is 9.59 Å². The number of para-hydroxylation sites is 1. The lowest BCUT2D eigenvalue weighted by molar-refractivity contribution is -0.118. The number of rotatable bonds is 9. The summed E-state index contributed by atoms with van der Waals surface area (Å²) in [4.78, 5) is 33.4. The standard InChI is InChI=1S/C32H28N4O3S2/c37-28(35-33-19-23-12-9-15-25(18-23)39-20-22-10-3-1-4-11-22)21-40-32-34-30-29(26-16-7-8-17-27(26)41-30)31(38)36(32)24-13-5-2-6-14-24/h1-6,9-15,18-19H,7-8,16-17,20-21H2,(H,35,37)/b33-19-. The maximum absolute atomic E-state index is 13.8. The molecule has 3 aromatic carbocycles. The second-order valence-corrected chi connectivity index (χ2v) is 11.7.